The molecule has 0 bridgehead atoms. The van der Waals surface area contributed by atoms with Gasteiger partial charge in [-0.1, -0.05) is 23.2 Å². The molecule has 0 atom stereocenters. The first-order valence-corrected chi connectivity index (χ1v) is 6.30. The van der Waals surface area contributed by atoms with Gasteiger partial charge in [0.2, 0.25) is 0 Å². The van der Waals surface area contributed by atoms with E-state index in [1.807, 2.05) is 12.3 Å². The molecule has 0 saturated heterocycles. The van der Waals surface area contributed by atoms with Crippen molar-refractivity contribution in [1.29, 1.82) is 0 Å². The van der Waals surface area contributed by atoms with E-state index in [2.05, 4.69) is 10.3 Å². The van der Waals surface area contributed by atoms with Crippen molar-refractivity contribution in [3.8, 4) is 5.75 Å². The second-order valence-corrected chi connectivity index (χ2v) is 4.69. The van der Waals surface area contributed by atoms with E-state index >= 15 is 0 Å². The molecule has 0 unspecified atom stereocenters. The molecule has 0 fully saturated rings. The normalized spacial score (nSPS) is 10.3. The predicted octanol–water partition coefficient (Wildman–Crippen LogP) is 3.26. The summed E-state index contributed by atoms with van der Waals surface area (Å²) in [5.41, 5.74) is 1.38. The van der Waals surface area contributed by atoms with E-state index in [0.29, 0.717) is 27.9 Å². The fraction of sp³-hybridized carbons (Fsp3) is 0.154. The predicted molar refractivity (Wildman–Crippen MR) is 75.0 cm³/mol. The molecule has 1 amide bonds. The molecule has 19 heavy (non-hydrogen) atoms. The first kappa shape index (κ1) is 13.8. The van der Waals surface area contributed by atoms with E-state index in [-0.39, 0.29) is 5.91 Å². The van der Waals surface area contributed by atoms with Crippen molar-refractivity contribution < 1.29 is 9.53 Å². The lowest BCUT2D eigenvalue weighted by molar-refractivity contribution is 0.0951. The minimum Gasteiger partial charge on any atom is -0.494 e. The first-order chi connectivity index (χ1) is 9.11. The van der Waals surface area contributed by atoms with Crippen LogP contribution in [0.2, 0.25) is 10.0 Å². The molecule has 2 rings (SSSR count). The number of ether oxygens (including phenoxy) is 1. The number of H-pyrrole nitrogens is 1. The van der Waals surface area contributed by atoms with E-state index in [1.54, 1.807) is 6.20 Å². The molecule has 2 aromatic rings. The zero-order chi connectivity index (χ0) is 13.8. The molecule has 1 heterocycles. The summed E-state index contributed by atoms with van der Waals surface area (Å²) >= 11 is 12.0. The summed E-state index contributed by atoms with van der Waals surface area (Å²) in [5.74, 6) is 0.123. The van der Waals surface area contributed by atoms with Gasteiger partial charge in [0.05, 0.1) is 17.2 Å². The van der Waals surface area contributed by atoms with Crippen LogP contribution in [0, 0.1) is 0 Å². The summed E-state index contributed by atoms with van der Waals surface area (Å²) < 4.78 is 5.03. The van der Waals surface area contributed by atoms with Crippen molar-refractivity contribution >= 4 is 29.1 Å². The molecule has 1 aromatic heterocycles. The minimum atomic E-state index is -0.243. The zero-order valence-electron chi connectivity index (χ0n) is 10.2. The molecule has 0 aliphatic carbocycles. The minimum absolute atomic E-state index is 0.243. The second-order valence-electron chi connectivity index (χ2n) is 3.88. The maximum absolute atomic E-state index is 12.0. The fourth-order valence-electron chi connectivity index (χ4n) is 1.64. The van der Waals surface area contributed by atoms with Crippen molar-refractivity contribution in [2.75, 3.05) is 7.11 Å². The van der Waals surface area contributed by atoms with Crippen LogP contribution in [0.1, 0.15) is 15.9 Å². The van der Waals surface area contributed by atoms with Crippen LogP contribution >= 0.6 is 23.2 Å². The Hall–Kier alpha value is -1.65. The van der Waals surface area contributed by atoms with Gasteiger partial charge in [0.25, 0.3) is 5.91 Å². The molecule has 100 valence electrons. The molecule has 0 saturated carbocycles. The van der Waals surface area contributed by atoms with Crippen LogP contribution in [0.3, 0.4) is 0 Å². The number of halogens is 2. The second kappa shape index (κ2) is 5.99. The number of rotatable bonds is 4. The highest BCUT2D eigenvalue weighted by Gasteiger charge is 2.13. The Labute approximate surface area is 120 Å². The summed E-state index contributed by atoms with van der Waals surface area (Å²) in [6.45, 7) is 0.434. The van der Waals surface area contributed by atoms with Gasteiger partial charge in [-0.25, -0.2) is 0 Å². The summed E-state index contributed by atoms with van der Waals surface area (Å²) in [5, 5.41) is 3.39. The number of carbonyl (C=O) groups excluding carboxylic acids is 1. The van der Waals surface area contributed by atoms with Gasteiger partial charge >= 0.3 is 0 Å². The van der Waals surface area contributed by atoms with Crippen LogP contribution in [0.4, 0.5) is 0 Å². The van der Waals surface area contributed by atoms with Gasteiger partial charge in [0, 0.05) is 24.5 Å². The van der Waals surface area contributed by atoms with Crippen molar-refractivity contribution in [2.45, 2.75) is 6.54 Å². The molecule has 0 radical (unpaired) electrons. The molecule has 1 aromatic carbocycles. The summed E-state index contributed by atoms with van der Waals surface area (Å²) in [6, 6.07) is 4.94. The van der Waals surface area contributed by atoms with Crippen LogP contribution in [0.5, 0.6) is 5.75 Å². The standard InChI is InChI=1S/C13H12Cl2N2O2/c1-19-12-10(14)4-9(5-11(12)15)13(18)17-7-8-2-3-16-6-8/h2-6,16H,7H2,1H3,(H,17,18). The van der Waals surface area contributed by atoms with Crippen LogP contribution in [0.15, 0.2) is 30.6 Å². The Bertz CT molecular complexity index is 559. The number of aromatic nitrogens is 1. The molecule has 2 N–H and O–H groups in total. The first-order valence-electron chi connectivity index (χ1n) is 5.54. The molecule has 0 spiro atoms. The Kier molecular flexibility index (Phi) is 4.35. The number of aromatic amines is 1. The number of hydrogen-bond acceptors (Lipinski definition) is 2. The monoisotopic (exact) mass is 298 g/mol. The van der Waals surface area contributed by atoms with Gasteiger partial charge in [0.1, 0.15) is 0 Å². The highest BCUT2D eigenvalue weighted by molar-refractivity contribution is 6.37. The fourth-order valence-corrected chi connectivity index (χ4v) is 2.28. The molecule has 4 nitrogen and oxygen atoms in total. The molecular formula is C13H12Cl2N2O2. The Morgan fingerprint density at radius 3 is 2.58 bits per heavy atom. The van der Waals surface area contributed by atoms with Crippen molar-refractivity contribution in [3.63, 3.8) is 0 Å². The van der Waals surface area contributed by atoms with Crippen molar-refractivity contribution in [1.82, 2.24) is 10.3 Å². The van der Waals surface area contributed by atoms with E-state index in [1.165, 1.54) is 19.2 Å². The van der Waals surface area contributed by atoms with Gasteiger partial charge in [-0.2, -0.15) is 0 Å². The Balaban J connectivity index is 2.11. The van der Waals surface area contributed by atoms with E-state index in [9.17, 15) is 4.79 Å². The maximum Gasteiger partial charge on any atom is 0.251 e. The van der Waals surface area contributed by atoms with Gasteiger partial charge in [-0.05, 0) is 23.8 Å². The van der Waals surface area contributed by atoms with Crippen molar-refractivity contribution in [3.05, 3.63) is 51.8 Å². The maximum atomic E-state index is 12.0. The van der Waals surface area contributed by atoms with Crippen LogP contribution in [0.25, 0.3) is 0 Å². The zero-order valence-corrected chi connectivity index (χ0v) is 11.7. The van der Waals surface area contributed by atoms with Gasteiger partial charge in [-0.15, -0.1) is 0 Å². The SMILES string of the molecule is COc1c(Cl)cc(C(=O)NCc2cc[nH]c2)cc1Cl. The average Bonchev–Trinajstić information content (AvgIpc) is 2.88. The van der Waals surface area contributed by atoms with Crippen LogP contribution < -0.4 is 10.1 Å². The third kappa shape index (κ3) is 3.22. The third-order valence-corrected chi connectivity index (χ3v) is 3.14. The van der Waals surface area contributed by atoms with Crippen LogP contribution in [-0.2, 0) is 6.54 Å². The lowest BCUT2D eigenvalue weighted by Crippen LogP contribution is -2.22. The summed E-state index contributed by atoms with van der Waals surface area (Å²) in [6.07, 6.45) is 3.61. The lowest BCUT2D eigenvalue weighted by atomic mass is 10.2. The van der Waals surface area contributed by atoms with E-state index in [0.717, 1.165) is 5.56 Å². The summed E-state index contributed by atoms with van der Waals surface area (Å²) in [4.78, 5) is 14.9. The van der Waals surface area contributed by atoms with E-state index in [4.69, 9.17) is 27.9 Å². The number of nitrogens with one attached hydrogen (secondary N) is 2. The lowest BCUT2D eigenvalue weighted by Gasteiger charge is -2.09. The largest absolute Gasteiger partial charge is 0.494 e. The average molecular weight is 299 g/mol. The molecule has 6 heteroatoms. The molecular weight excluding hydrogens is 287 g/mol. The van der Waals surface area contributed by atoms with Gasteiger partial charge in [-0.3, -0.25) is 4.79 Å². The number of hydrogen-bond donors (Lipinski definition) is 2. The smallest absolute Gasteiger partial charge is 0.251 e. The highest BCUT2D eigenvalue weighted by atomic mass is 35.5. The highest BCUT2D eigenvalue weighted by Crippen LogP contribution is 2.33. The Morgan fingerprint density at radius 2 is 2.05 bits per heavy atom. The van der Waals surface area contributed by atoms with Gasteiger partial charge < -0.3 is 15.0 Å². The quantitative estimate of drug-likeness (QED) is 0.910. The molecule has 0 aliphatic rings. The van der Waals surface area contributed by atoms with Gasteiger partial charge in [0.15, 0.2) is 5.75 Å². The third-order valence-electron chi connectivity index (χ3n) is 2.58. The summed E-state index contributed by atoms with van der Waals surface area (Å²) in [7, 11) is 1.47. The Morgan fingerprint density at radius 1 is 1.37 bits per heavy atom. The number of benzene rings is 1. The number of methoxy groups -OCH3 is 1. The topological polar surface area (TPSA) is 54.1 Å². The van der Waals surface area contributed by atoms with E-state index < -0.39 is 0 Å². The number of amides is 1. The molecule has 0 aliphatic heterocycles. The van der Waals surface area contributed by atoms with Crippen molar-refractivity contribution in [2.24, 2.45) is 0 Å². The van der Waals surface area contributed by atoms with Crippen LogP contribution in [-0.4, -0.2) is 18.0 Å². The number of carbonyl (C=O) groups is 1.